The molecular weight excluding hydrogens is 236 g/mol. The number of aromatic nitrogens is 2. The molecule has 1 aromatic heterocycles. The number of unbranched alkanes of at least 4 members (excludes halogenated alkanes) is 1. The normalized spacial score (nSPS) is 10.1. The average Bonchev–Trinajstić information content (AvgIpc) is 2.24. The van der Waals surface area contributed by atoms with Crippen LogP contribution in [-0.2, 0) is 0 Å². The Kier molecular flexibility index (Phi) is 4.87. The molecule has 8 heteroatoms. The van der Waals surface area contributed by atoms with Gasteiger partial charge in [0.1, 0.15) is 6.33 Å². The maximum atomic E-state index is 10.7. The molecule has 0 unspecified atom stereocenters. The minimum absolute atomic E-state index is 0.0916. The molecule has 0 atom stereocenters. The Hall–Kier alpha value is -1.47. The number of nitro groups is 1. The molecule has 0 saturated heterocycles. The van der Waals surface area contributed by atoms with Crippen molar-refractivity contribution in [1.29, 1.82) is 0 Å². The van der Waals surface area contributed by atoms with Gasteiger partial charge in [-0.1, -0.05) is 11.6 Å². The fourth-order valence-corrected chi connectivity index (χ4v) is 1.29. The van der Waals surface area contributed by atoms with Gasteiger partial charge in [-0.15, -0.1) is 0 Å². The second kappa shape index (κ2) is 6.19. The van der Waals surface area contributed by atoms with Crippen LogP contribution in [0.25, 0.3) is 0 Å². The minimum atomic E-state index is -0.628. The number of hydrogen-bond acceptors (Lipinski definition) is 6. The van der Waals surface area contributed by atoms with E-state index in [4.69, 9.17) is 16.7 Å². The van der Waals surface area contributed by atoms with E-state index < -0.39 is 4.92 Å². The lowest BCUT2D eigenvalue weighted by molar-refractivity contribution is -0.384. The van der Waals surface area contributed by atoms with Crippen molar-refractivity contribution in [3.05, 3.63) is 21.6 Å². The lowest BCUT2D eigenvalue weighted by Gasteiger charge is -2.05. The smallest absolute Gasteiger partial charge is 0.348 e. The summed E-state index contributed by atoms with van der Waals surface area (Å²) in [4.78, 5) is 17.3. The van der Waals surface area contributed by atoms with Gasteiger partial charge >= 0.3 is 5.69 Å². The van der Waals surface area contributed by atoms with Crippen molar-refractivity contribution in [2.45, 2.75) is 12.8 Å². The van der Waals surface area contributed by atoms with Crippen LogP contribution < -0.4 is 5.32 Å². The molecule has 1 rings (SSSR count). The molecule has 0 aliphatic heterocycles. The van der Waals surface area contributed by atoms with Crippen LogP contribution in [0.1, 0.15) is 12.8 Å². The zero-order valence-corrected chi connectivity index (χ0v) is 9.15. The van der Waals surface area contributed by atoms with Crippen LogP contribution in [0.15, 0.2) is 6.33 Å². The molecule has 1 aromatic rings. The average molecular weight is 247 g/mol. The zero-order valence-electron chi connectivity index (χ0n) is 8.39. The molecule has 16 heavy (non-hydrogen) atoms. The fourth-order valence-electron chi connectivity index (χ4n) is 1.09. The van der Waals surface area contributed by atoms with E-state index in [1.165, 1.54) is 0 Å². The largest absolute Gasteiger partial charge is 0.396 e. The van der Waals surface area contributed by atoms with Gasteiger partial charge in [-0.05, 0) is 12.8 Å². The van der Waals surface area contributed by atoms with E-state index in [1.807, 2.05) is 0 Å². The maximum Gasteiger partial charge on any atom is 0.348 e. The Morgan fingerprint density at radius 2 is 2.25 bits per heavy atom. The zero-order chi connectivity index (χ0) is 12.0. The van der Waals surface area contributed by atoms with Gasteiger partial charge in [0.2, 0.25) is 11.0 Å². The van der Waals surface area contributed by atoms with Crippen LogP contribution in [0.4, 0.5) is 11.5 Å². The first kappa shape index (κ1) is 12.6. The van der Waals surface area contributed by atoms with Crippen molar-refractivity contribution < 1.29 is 10.0 Å². The molecule has 0 fully saturated rings. The van der Waals surface area contributed by atoms with Crippen LogP contribution in [0.3, 0.4) is 0 Å². The summed E-state index contributed by atoms with van der Waals surface area (Å²) < 4.78 is 0. The number of rotatable bonds is 6. The standard InChI is InChI=1S/C8H11ClN4O3/c9-7-6(13(15)16)8(12-5-11-7)10-3-1-2-4-14/h5,14H,1-4H2,(H,10,11,12). The molecule has 0 aliphatic carbocycles. The van der Waals surface area contributed by atoms with E-state index >= 15 is 0 Å². The second-order valence-electron chi connectivity index (χ2n) is 2.98. The molecule has 2 N–H and O–H groups in total. The molecule has 0 radical (unpaired) electrons. The number of aliphatic hydroxyl groups excluding tert-OH is 1. The predicted molar refractivity (Wildman–Crippen MR) is 58.5 cm³/mol. The summed E-state index contributed by atoms with van der Waals surface area (Å²) in [6.07, 6.45) is 2.47. The van der Waals surface area contributed by atoms with Crippen LogP contribution in [-0.4, -0.2) is 33.1 Å². The number of nitrogens with zero attached hydrogens (tertiary/aromatic N) is 3. The van der Waals surface area contributed by atoms with Crippen molar-refractivity contribution in [2.24, 2.45) is 0 Å². The molecule has 1 heterocycles. The van der Waals surface area contributed by atoms with Gasteiger partial charge in [0.15, 0.2) is 0 Å². The van der Waals surface area contributed by atoms with Crippen molar-refractivity contribution in [3.63, 3.8) is 0 Å². The summed E-state index contributed by atoms with van der Waals surface area (Å²) in [5, 5.41) is 21.9. The summed E-state index contributed by atoms with van der Waals surface area (Å²) in [5.41, 5.74) is -0.326. The van der Waals surface area contributed by atoms with Gasteiger partial charge in [0.25, 0.3) is 0 Å². The Morgan fingerprint density at radius 3 is 2.88 bits per heavy atom. The molecule has 88 valence electrons. The van der Waals surface area contributed by atoms with E-state index in [1.54, 1.807) is 0 Å². The van der Waals surface area contributed by atoms with E-state index in [0.717, 1.165) is 6.33 Å². The topological polar surface area (TPSA) is 101 Å². The van der Waals surface area contributed by atoms with Gasteiger partial charge in [0.05, 0.1) is 4.92 Å². The highest BCUT2D eigenvalue weighted by Gasteiger charge is 2.20. The molecule has 0 bridgehead atoms. The highest BCUT2D eigenvalue weighted by Crippen LogP contribution is 2.27. The highest BCUT2D eigenvalue weighted by molar-refractivity contribution is 6.31. The van der Waals surface area contributed by atoms with Gasteiger partial charge in [-0.3, -0.25) is 10.1 Å². The SMILES string of the molecule is O=[N+]([O-])c1c(Cl)ncnc1NCCCCO. The first-order chi connectivity index (χ1) is 7.66. The van der Waals surface area contributed by atoms with Crippen LogP contribution in [0, 0.1) is 10.1 Å². The first-order valence-electron chi connectivity index (χ1n) is 4.66. The van der Waals surface area contributed by atoms with Crippen molar-refractivity contribution in [1.82, 2.24) is 9.97 Å². The second-order valence-corrected chi connectivity index (χ2v) is 3.33. The van der Waals surface area contributed by atoms with Crippen molar-refractivity contribution in [2.75, 3.05) is 18.5 Å². The number of halogens is 1. The third-order valence-electron chi connectivity index (χ3n) is 1.84. The molecule has 0 saturated carbocycles. The number of anilines is 1. The monoisotopic (exact) mass is 246 g/mol. The van der Waals surface area contributed by atoms with Gasteiger partial charge in [-0.25, -0.2) is 9.97 Å². The van der Waals surface area contributed by atoms with Crippen LogP contribution in [0.5, 0.6) is 0 Å². The Labute approximate surface area is 96.6 Å². The van der Waals surface area contributed by atoms with Gasteiger partial charge < -0.3 is 10.4 Å². The quantitative estimate of drug-likeness (QED) is 0.339. The maximum absolute atomic E-state index is 10.7. The molecule has 0 spiro atoms. The first-order valence-corrected chi connectivity index (χ1v) is 5.04. The third kappa shape index (κ3) is 3.28. The summed E-state index contributed by atoms with van der Waals surface area (Å²) in [6.45, 7) is 0.572. The molecule has 0 amide bonds. The molecule has 0 aromatic carbocycles. The lowest BCUT2D eigenvalue weighted by Crippen LogP contribution is -2.07. The van der Waals surface area contributed by atoms with Crippen LogP contribution in [0.2, 0.25) is 5.15 Å². The Morgan fingerprint density at radius 1 is 1.50 bits per heavy atom. The predicted octanol–water partition coefficient (Wildman–Crippen LogP) is 1.22. The number of hydrogen-bond donors (Lipinski definition) is 2. The summed E-state index contributed by atoms with van der Waals surface area (Å²) in [5.74, 6) is 0.0999. The van der Waals surface area contributed by atoms with E-state index in [-0.39, 0.29) is 23.3 Å². The summed E-state index contributed by atoms with van der Waals surface area (Å²) in [7, 11) is 0. The van der Waals surface area contributed by atoms with Crippen molar-refractivity contribution in [3.8, 4) is 0 Å². The van der Waals surface area contributed by atoms with Gasteiger partial charge in [-0.2, -0.15) is 0 Å². The Balaban J connectivity index is 2.71. The highest BCUT2D eigenvalue weighted by atomic mass is 35.5. The van der Waals surface area contributed by atoms with E-state index in [9.17, 15) is 10.1 Å². The lowest BCUT2D eigenvalue weighted by atomic mass is 10.3. The fraction of sp³-hybridized carbons (Fsp3) is 0.500. The molecular formula is C8H11ClN4O3. The summed E-state index contributed by atoms with van der Waals surface area (Å²) >= 11 is 5.59. The molecule has 7 nitrogen and oxygen atoms in total. The van der Waals surface area contributed by atoms with Crippen molar-refractivity contribution >= 4 is 23.1 Å². The summed E-state index contributed by atoms with van der Waals surface area (Å²) in [6, 6.07) is 0. The third-order valence-corrected chi connectivity index (χ3v) is 2.11. The van der Waals surface area contributed by atoms with Gasteiger partial charge in [0, 0.05) is 13.2 Å². The molecule has 0 aliphatic rings. The Bertz CT molecular complexity index is 374. The van der Waals surface area contributed by atoms with E-state index in [2.05, 4.69) is 15.3 Å². The minimum Gasteiger partial charge on any atom is -0.396 e. The van der Waals surface area contributed by atoms with E-state index in [0.29, 0.717) is 19.4 Å². The number of aliphatic hydroxyl groups is 1. The van der Waals surface area contributed by atoms with Crippen LogP contribution >= 0.6 is 11.6 Å². The number of nitrogens with one attached hydrogen (secondary N) is 1.